The van der Waals surface area contributed by atoms with Gasteiger partial charge in [-0.15, -0.1) is 11.3 Å². The van der Waals surface area contributed by atoms with Gasteiger partial charge in [-0.3, -0.25) is 14.2 Å². The van der Waals surface area contributed by atoms with Crippen LogP contribution in [0.1, 0.15) is 49.7 Å². The van der Waals surface area contributed by atoms with Crippen molar-refractivity contribution in [2.24, 2.45) is 4.99 Å². The van der Waals surface area contributed by atoms with Crippen LogP contribution in [0.2, 0.25) is 0 Å². The van der Waals surface area contributed by atoms with E-state index in [1.165, 1.54) is 22.7 Å². The van der Waals surface area contributed by atoms with Crippen molar-refractivity contribution in [1.29, 1.82) is 0 Å². The summed E-state index contributed by atoms with van der Waals surface area (Å²) in [6, 6.07) is 18.7. The smallest absolute Gasteiger partial charge is 0.338 e. The highest BCUT2D eigenvalue weighted by Gasteiger charge is 2.34. The minimum Gasteiger partial charge on any atom is -0.493 e. The van der Waals surface area contributed by atoms with E-state index in [2.05, 4.69) is 4.99 Å². The molecule has 2 aromatic carbocycles. The second-order valence-electron chi connectivity index (χ2n) is 9.75. The first-order chi connectivity index (χ1) is 20.6. The van der Waals surface area contributed by atoms with Crippen LogP contribution in [0.4, 0.5) is 0 Å². The van der Waals surface area contributed by atoms with E-state index < -0.39 is 18.0 Å². The number of methoxy groups -OCH3 is 1. The standard InChI is InChI=1S/C30H28N2O5S2.C2H4O2/c1-18(2)37-29(34)26-19(3)31-30-32(27(26)24-11-8-14-38-24)28(33)25(39-30)16-21-12-13-22(23(15-21)35-4)36-17-20-9-6-5-7-10-20;1-2(3)4/h5-16,18,27H,17H2,1-4H3;1H3,(H,3,4). The van der Waals surface area contributed by atoms with Crippen LogP contribution in [0.15, 0.2) is 87.1 Å². The number of allylic oxidation sites excluding steroid dienone is 1. The van der Waals surface area contributed by atoms with Gasteiger partial charge in [-0.25, -0.2) is 9.79 Å². The normalized spacial score (nSPS) is 14.4. The number of hydrogen-bond acceptors (Lipinski definition) is 9. The Morgan fingerprint density at radius 2 is 1.81 bits per heavy atom. The summed E-state index contributed by atoms with van der Waals surface area (Å²) in [5.74, 6) is -0.116. The lowest BCUT2D eigenvalue weighted by molar-refractivity contribution is -0.143. The van der Waals surface area contributed by atoms with Gasteiger partial charge in [0, 0.05) is 11.8 Å². The Labute approximate surface area is 256 Å². The summed E-state index contributed by atoms with van der Waals surface area (Å²) in [4.78, 5) is 41.9. The number of nitrogens with zero attached hydrogens (tertiary/aromatic N) is 2. The van der Waals surface area contributed by atoms with Crippen LogP contribution in [-0.4, -0.2) is 34.8 Å². The molecule has 0 fully saturated rings. The van der Waals surface area contributed by atoms with Crippen LogP contribution in [0.5, 0.6) is 11.5 Å². The summed E-state index contributed by atoms with van der Waals surface area (Å²) in [5.41, 5.74) is 2.55. The Morgan fingerprint density at radius 1 is 1.09 bits per heavy atom. The maximum absolute atomic E-state index is 13.8. The zero-order valence-electron chi connectivity index (χ0n) is 24.4. The highest BCUT2D eigenvalue weighted by atomic mass is 32.1. The van der Waals surface area contributed by atoms with Gasteiger partial charge < -0.3 is 19.3 Å². The third-order valence-electron chi connectivity index (χ3n) is 6.12. The topological polar surface area (TPSA) is 116 Å². The van der Waals surface area contributed by atoms with Gasteiger partial charge in [0.2, 0.25) is 0 Å². The largest absolute Gasteiger partial charge is 0.493 e. The zero-order valence-corrected chi connectivity index (χ0v) is 26.0. The molecule has 0 radical (unpaired) electrons. The molecule has 0 aliphatic carbocycles. The van der Waals surface area contributed by atoms with Gasteiger partial charge in [0.1, 0.15) is 12.6 Å². The summed E-state index contributed by atoms with van der Waals surface area (Å²) in [7, 11) is 1.59. The van der Waals surface area contributed by atoms with Crippen LogP contribution >= 0.6 is 22.7 Å². The number of hydrogen-bond donors (Lipinski definition) is 1. The highest BCUT2D eigenvalue weighted by Crippen LogP contribution is 2.33. The molecule has 1 N–H and O–H groups in total. The molecule has 2 aromatic heterocycles. The number of aliphatic carboxylic acids is 1. The van der Waals surface area contributed by atoms with E-state index in [1.54, 1.807) is 32.4 Å². The molecule has 1 aliphatic heterocycles. The van der Waals surface area contributed by atoms with E-state index in [0.717, 1.165) is 22.9 Å². The Morgan fingerprint density at radius 3 is 2.44 bits per heavy atom. The third kappa shape index (κ3) is 7.68. The van der Waals surface area contributed by atoms with Gasteiger partial charge in [0.25, 0.3) is 11.5 Å². The number of ether oxygens (including phenoxy) is 3. The Balaban J connectivity index is 0.000000996. The predicted octanol–water partition coefficient (Wildman–Crippen LogP) is 4.93. The number of fused-ring (bicyclic) bond motifs is 1. The Kier molecular flexibility index (Phi) is 10.3. The van der Waals surface area contributed by atoms with E-state index >= 15 is 0 Å². The van der Waals surface area contributed by atoms with Crippen LogP contribution in [0.3, 0.4) is 0 Å². The molecule has 9 nitrogen and oxygen atoms in total. The molecule has 4 aromatic rings. The molecular formula is C32H32N2O7S2. The quantitative estimate of drug-likeness (QED) is 0.278. The van der Waals surface area contributed by atoms with Crippen molar-refractivity contribution in [1.82, 2.24) is 4.57 Å². The summed E-state index contributed by atoms with van der Waals surface area (Å²) in [6.45, 7) is 6.89. The number of carboxylic acid groups (broad SMARTS) is 1. The number of carbonyl (C=O) groups is 2. The molecular weight excluding hydrogens is 588 g/mol. The Bertz CT molecular complexity index is 1800. The summed E-state index contributed by atoms with van der Waals surface area (Å²) in [5, 5.41) is 9.35. The molecule has 1 unspecified atom stereocenters. The van der Waals surface area contributed by atoms with Crippen molar-refractivity contribution in [2.45, 2.75) is 46.4 Å². The number of esters is 1. The SMILES string of the molecule is CC(=O)O.COc1cc(C=c2sc3n(c2=O)C(c2cccs2)C(C(=O)OC(C)C)=C(C)N=3)ccc1OCc1ccccc1. The molecule has 224 valence electrons. The van der Waals surface area contributed by atoms with E-state index in [-0.39, 0.29) is 11.7 Å². The molecule has 11 heteroatoms. The average molecular weight is 621 g/mol. The predicted molar refractivity (Wildman–Crippen MR) is 166 cm³/mol. The minimum atomic E-state index is -0.833. The fourth-order valence-electron chi connectivity index (χ4n) is 4.36. The number of thiophene rings is 1. The summed E-state index contributed by atoms with van der Waals surface area (Å²) in [6.07, 6.45) is 1.52. The number of thiazole rings is 1. The van der Waals surface area contributed by atoms with E-state index in [1.807, 2.05) is 72.1 Å². The monoisotopic (exact) mass is 620 g/mol. The van der Waals surface area contributed by atoms with E-state index in [9.17, 15) is 9.59 Å². The van der Waals surface area contributed by atoms with Gasteiger partial charge in [0.15, 0.2) is 16.3 Å². The molecule has 43 heavy (non-hydrogen) atoms. The molecule has 5 rings (SSSR count). The van der Waals surface area contributed by atoms with Crippen molar-refractivity contribution in [2.75, 3.05) is 7.11 Å². The first-order valence-electron chi connectivity index (χ1n) is 13.4. The molecule has 0 bridgehead atoms. The molecule has 1 atom stereocenters. The van der Waals surface area contributed by atoms with Crippen molar-refractivity contribution in [3.8, 4) is 11.5 Å². The third-order valence-corrected chi connectivity index (χ3v) is 8.03. The molecule has 1 aliphatic rings. The number of benzene rings is 2. The molecule has 3 heterocycles. The second-order valence-corrected chi connectivity index (χ2v) is 11.7. The van der Waals surface area contributed by atoms with Gasteiger partial charge in [-0.1, -0.05) is 53.8 Å². The maximum Gasteiger partial charge on any atom is 0.338 e. The van der Waals surface area contributed by atoms with Crippen molar-refractivity contribution < 1.29 is 28.9 Å². The molecule has 0 spiro atoms. The lowest BCUT2D eigenvalue weighted by atomic mass is 10.0. The second kappa shape index (κ2) is 14.1. The van der Waals surface area contributed by atoms with Crippen molar-refractivity contribution in [3.63, 3.8) is 0 Å². The van der Waals surface area contributed by atoms with Gasteiger partial charge >= 0.3 is 5.97 Å². The fourth-order valence-corrected chi connectivity index (χ4v) is 6.23. The summed E-state index contributed by atoms with van der Waals surface area (Å²) >= 11 is 2.78. The fraction of sp³-hybridized carbons (Fsp3) is 0.250. The first kappa shape index (κ1) is 31.5. The summed E-state index contributed by atoms with van der Waals surface area (Å²) < 4.78 is 19.2. The number of aromatic nitrogens is 1. The van der Waals surface area contributed by atoms with Crippen LogP contribution in [-0.2, 0) is 20.9 Å². The van der Waals surface area contributed by atoms with E-state index in [4.69, 9.17) is 24.1 Å². The minimum absolute atomic E-state index is 0.220. The van der Waals surface area contributed by atoms with E-state index in [0.29, 0.717) is 38.7 Å². The molecule has 0 amide bonds. The average Bonchev–Trinajstić information content (AvgIpc) is 3.60. The number of carbonyl (C=O) groups excluding carboxylic acids is 1. The zero-order chi connectivity index (χ0) is 31.1. The van der Waals surface area contributed by atoms with Gasteiger partial charge in [-0.2, -0.15) is 0 Å². The lowest BCUT2D eigenvalue weighted by Crippen LogP contribution is -2.39. The van der Waals surface area contributed by atoms with Crippen LogP contribution < -0.4 is 24.4 Å². The number of rotatable bonds is 8. The molecule has 0 saturated heterocycles. The Hall–Kier alpha value is -4.48. The highest BCUT2D eigenvalue weighted by molar-refractivity contribution is 7.10. The van der Waals surface area contributed by atoms with Gasteiger partial charge in [0.05, 0.1) is 29.0 Å². The number of carboxylic acids is 1. The van der Waals surface area contributed by atoms with Crippen LogP contribution in [0.25, 0.3) is 6.08 Å². The molecule has 0 saturated carbocycles. The lowest BCUT2D eigenvalue weighted by Gasteiger charge is -2.24. The maximum atomic E-state index is 13.8. The van der Waals surface area contributed by atoms with Crippen molar-refractivity contribution in [3.05, 3.63) is 113 Å². The first-order valence-corrected chi connectivity index (χ1v) is 15.1. The van der Waals surface area contributed by atoms with Crippen LogP contribution in [0, 0.1) is 0 Å². The van der Waals surface area contributed by atoms with Gasteiger partial charge in [-0.05, 0) is 61.6 Å². The van der Waals surface area contributed by atoms with Crippen molar-refractivity contribution >= 4 is 40.7 Å².